The highest BCUT2D eigenvalue weighted by atomic mass is 32.2. The number of aromatic nitrogens is 3. The second kappa shape index (κ2) is 8.60. The van der Waals surface area contributed by atoms with Crippen LogP contribution in [0.5, 0.6) is 0 Å². The predicted octanol–water partition coefficient (Wildman–Crippen LogP) is 4.64. The van der Waals surface area contributed by atoms with Crippen molar-refractivity contribution in [2.45, 2.75) is 57.5 Å². The van der Waals surface area contributed by atoms with Gasteiger partial charge < -0.3 is 20.4 Å². The van der Waals surface area contributed by atoms with E-state index in [0.29, 0.717) is 40.8 Å². The number of anilines is 3. The molecule has 1 saturated carbocycles. The maximum absolute atomic E-state index is 12.8. The fourth-order valence-electron chi connectivity index (χ4n) is 4.40. The van der Waals surface area contributed by atoms with Crippen molar-refractivity contribution in [2.75, 3.05) is 23.5 Å². The Morgan fingerprint density at radius 1 is 1.14 bits per heavy atom. The minimum Gasteiger partial charge on any atom is -0.373 e. The fourth-order valence-corrected chi connectivity index (χ4v) is 5.27. The molecule has 2 fully saturated rings. The number of aromatic amines is 1. The standard InChI is InChI=1S/C25H31N5O4S/c1-14-26-22-18(12-21(29-23(22)27-14)30-24(31)15-5-6-15)28-17-8-7-16(11-20(17)35(4,32)33)19-9-10-25(2,3)13-34-19/h7-8,11-12,15,19H,5-6,9-10,13H2,1-4H3,(H3,26,27,28,29,30,31)/t19-/m1/s1. The van der Waals surface area contributed by atoms with Gasteiger partial charge in [-0.1, -0.05) is 19.9 Å². The van der Waals surface area contributed by atoms with Crippen molar-refractivity contribution >= 4 is 44.1 Å². The maximum Gasteiger partial charge on any atom is 0.228 e. The Morgan fingerprint density at radius 2 is 1.91 bits per heavy atom. The number of hydrogen-bond acceptors (Lipinski definition) is 7. The second-order valence-corrected chi connectivity index (χ2v) is 12.5. The van der Waals surface area contributed by atoms with Crippen LogP contribution in [0.15, 0.2) is 29.2 Å². The number of amides is 1. The first-order valence-corrected chi connectivity index (χ1v) is 13.8. The van der Waals surface area contributed by atoms with Crippen molar-refractivity contribution in [3.8, 4) is 0 Å². The minimum absolute atomic E-state index is 0.0318. The summed E-state index contributed by atoms with van der Waals surface area (Å²) in [6.45, 7) is 6.79. The van der Waals surface area contributed by atoms with Gasteiger partial charge in [-0.3, -0.25) is 4.79 Å². The SMILES string of the molecule is Cc1nc2c(Nc3ccc([C@H]4CCC(C)(C)CO4)cc3S(C)(=O)=O)cc(NC(=O)C3CC3)nc2[nH]1. The van der Waals surface area contributed by atoms with Gasteiger partial charge in [-0.2, -0.15) is 0 Å². The molecule has 1 amide bonds. The zero-order valence-corrected chi connectivity index (χ0v) is 21.3. The van der Waals surface area contributed by atoms with Gasteiger partial charge in [0.25, 0.3) is 0 Å². The molecule has 10 heteroatoms. The average molecular weight is 498 g/mol. The van der Waals surface area contributed by atoms with E-state index >= 15 is 0 Å². The number of H-pyrrole nitrogens is 1. The molecule has 1 aliphatic heterocycles. The van der Waals surface area contributed by atoms with E-state index in [1.807, 2.05) is 13.0 Å². The molecule has 1 aromatic carbocycles. The van der Waals surface area contributed by atoms with Crippen LogP contribution in [0.25, 0.3) is 11.2 Å². The topological polar surface area (TPSA) is 126 Å². The normalized spacial score (nSPS) is 20.1. The Morgan fingerprint density at radius 3 is 2.57 bits per heavy atom. The van der Waals surface area contributed by atoms with Crippen LogP contribution in [-0.2, 0) is 19.4 Å². The summed E-state index contributed by atoms with van der Waals surface area (Å²) in [6.07, 6.45) is 4.68. The van der Waals surface area contributed by atoms with Crippen LogP contribution < -0.4 is 10.6 Å². The first-order valence-electron chi connectivity index (χ1n) is 11.9. The third-order valence-corrected chi connectivity index (χ3v) is 7.71. The zero-order chi connectivity index (χ0) is 25.0. The third kappa shape index (κ3) is 5.18. The molecule has 1 atom stereocenters. The van der Waals surface area contributed by atoms with Crippen molar-refractivity contribution in [1.29, 1.82) is 0 Å². The molecule has 0 radical (unpaired) electrons. The minimum atomic E-state index is -3.55. The van der Waals surface area contributed by atoms with Crippen molar-refractivity contribution in [3.63, 3.8) is 0 Å². The molecule has 0 spiro atoms. The molecule has 0 unspecified atom stereocenters. The average Bonchev–Trinajstić information content (AvgIpc) is 3.55. The number of ether oxygens (including phenoxy) is 1. The van der Waals surface area contributed by atoms with E-state index in [1.165, 1.54) is 6.26 Å². The number of hydrogen-bond donors (Lipinski definition) is 3. The number of nitrogens with one attached hydrogen (secondary N) is 3. The Kier molecular flexibility index (Phi) is 5.83. The molecule has 0 bridgehead atoms. The van der Waals surface area contributed by atoms with E-state index in [4.69, 9.17) is 4.74 Å². The number of imidazole rings is 1. The van der Waals surface area contributed by atoms with Gasteiger partial charge in [0, 0.05) is 18.2 Å². The molecular formula is C25H31N5O4S. The summed E-state index contributed by atoms with van der Waals surface area (Å²) < 4.78 is 31.6. The number of rotatable bonds is 6. The van der Waals surface area contributed by atoms with Crippen LogP contribution in [0.4, 0.5) is 17.2 Å². The van der Waals surface area contributed by atoms with Gasteiger partial charge in [-0.15, -0.1) is 0 Å². The van der Waals surface area contributed by atoms with Gasteiger partial charge in [0.1, 0.15) is 17.2 Å². The summed E-state index contributed by atoms with van der Waals surface area (Å²) in [7, 11) is -3.55. The lowest BCUT2D eigenvalue weighted by molar-refractivity contribution is -0.117. The highest BCUT2D eigenvalue weighted by Crippen LogP contribution is 2.39. The number of carbonyl (C=O) groups is 1. The van der Waals surface area contributed by atoms with E-state index in [1.54, 1.807) is 18.2 Å². The number of aryl methyl sites for hydroxylation is 1. The summed E-state index contributed by atoms with van der Waals surface area (Å²) >= 11 is 0. The molecule has 2 aliphatic rings. The lowest BCUT2D eigenvalue weighted by Gasteiger charge is -2.34. The molecule has 2 aromatic heterocycles. The Hall–Kier alpha value is -2.98. The van der Waals surface area contributed by atoms with Crippen molar-refractivity contribution in [3.05, 3.63) is 35.7 Å². The molecule has 1 saturated heterocycles. The quantitative estimate of drug-likeness (QED) is 0.453. The second-order valence-electron chi connectivity index (χ2n) is 10.5. The van der Waals surface area contributed by atoms with Crippen molar-refractivity contribution in [1.82, 2.24) is 15.0 Å². The number of sulfone groups is 1. The summed E-state index contributed by atoms with van der Waals surface area (Å²) in [6, 6.07) is 7.06. The molecule has 186 valence electrons. The Balaban J connectivity index is 1.50. The zero-order valence-electron chi connectivity index (χ0n) is 20.4. The van der Waals surface area contributed by atoms with Gasteiger partial charge in [-0.05, 0) is 55.7 Å². The van der Waals surface area contributed by atoms with E-state index in [0.717, 1.165) is 31.2 Å². The molecular weight excluding hydrogens is 466 g/mol. The molecule has 5 rings (SSSR count). The molecule has 3 aromatic rings. The van der Waals surface area contributed by atoms with Gasteiger partial charge in [0.05, 0.1) is 29.0 Å². The molecule has 3 heterocycles. The number of benzene rings is 1. The Labute approximate surface area is 205 Å². The number of carbonyl (C=O) groups excluding carboxylic acids is 1. The van der Waals surface area contributed by atoms with Crippen LogP contribution >= 0.6 is 0 Å². The van der Waals surface area contributed by atoms with Gasteiger partial charge in [0.15, 0.2) is 15.5 Å². The van der Waals surface area contributed by atoms with Gasteiger partial charge in [0.2, 0.25) is 5.91 Å². The fraction of sp³-hybridized carbons (Fsp3) is 0.480. The molecule has 3 N–H and O–H groups in total. The van der Waals surface area contributed by atoms with Crippen molar-refractivity contribution < 1.29 is 17.9 Å². The Bertz CT molecular complexity index is 1400. The largest absolute Gasteiger partial charge is 0.373 e. The number of fused-ring (bicyclic) bond motifs is 1. The van der Waals surface area contributed by atoms with Gasteiger partial charge in [-0.25, -0.2) is 18.4 Å². The highest BCUT2D eigenvalue weighted by Gasteiger charge is 2.31. The van der Waals surface area contributed by atoms with Crippen LogP contribution in [0.1, 0.15) is 57.0 Å². The predicted molar refractivity (Wildman–Crippen MR) is 135 cm³/mol. The molecule has 1 aliphatic carbocycles. The van der Waals surface area contributed by atoms with Crippen LogP contribution in [0.3, 0.4) is 0 Å². The monoisotopic (exact) mass is 497 g/mol. The number of nitrogens with zero attached hydrogens (tertiary/aromatic N) is 2. The third-order valence-electron chi connectivity index (χ3n) is 6.58. The smallest absolute Gasteiger partial charge is 0.228 e. The summed E-state index contributed by atoms with van der Waals surface area (Å²) in [5.41, 5.74) is 3.03. The van der Waals surface area contributed by atoms with Crippen LogP contribution in [-0.4, -0.2) is 42.1 Å². The van der Waals surface area contributed by atoms with Crippen LogP contribution in [0.2, 0.25) is 0 Å². The van der Waals surface area contributed by atoms with E-state index < -0.39 is 9.84 Å². The lowest BCUT2D eigenvalue weighted by Crippen LogP contribution is -2.27. The van der Waals surface area contributed by atoms with E-state index in [-0.39, 0.29) is 28.2 Å². The molecule has 9 nitrogen and oxygen atoms in total. The van der Waals surface area contributed by atoms with Crippen LogP contribution in [0, 0.1) is 18.3 Å². The summed E-state index contributed by atoms with van der Waals surface area (Å²) in [4.78, 5) is 24.6. The summed E-state index contributed by atoms with van der Waals surface area (Å²) in [5.74, 6) is 1.02. The maximum atomic E-state index is 12.8. The van der Waals surface area contributed by atoms with Gasteiger partial charge >= 0.3 is 0 Å². The first kappa shape index (κ1) is 23.7. The lowest BCUT2D eigenvalue weighted by atomic mass is 9.84. The molecule has 35 heavy (non-hydrogen) atoms. The number of pyridine rings is 1. The first-order chi connectivity index (χ1) is 16.5. The van der Waals surface area contributed by atoms with E-state index in [9.17, 15) is 13.2 Å². The van der Waals surface area contributed by atoms with E-state index in [2.05, 4.69) is 39.4 Å². The van der Waals surface area contributed by atoms with Crippen molar-refractivity contribution in [2.24, 2.45) is 11.3 Å². The highest BCUT2D eigenvalue weighted by molar-refractivity contribution is 7.90. The summed E-state index contributed by atoms with van der Waals surface area (Å²) in [5, 5.41) is 6.11.